The van der Waals surface area contributed by atoms with Crippen LogP contribution >= 0.6 is 0 Å². The van der Waals surface area contributed by atoms with E-state index in [2.05, 4.69) is 112 Å². The Kier molecular flexibility index (Phi) is 13.3. The molecule has 0 saturated carbocycles. The average molecular weight is 532 g/mol. The van der Waals surface area contributed by atoms with Gasteiger partial charge in [0.1, 0.15) is 0 Å². The molecule has 0 amide bonds. The van der Waals surface area contributed by atoms with E-state index in [0.29, 0.717) is 0 Å². The third kappa shape index (κ3) is 7.91. The Morgan fingerprint density at radius 1 is 0.533 bits per heavy atom. The van der Waals surface area contributed by atoms with Crippen molar-refractivity contribution in [2.45, 2.75) is 39.3 Å². The van der Waals surface area contributed by atoms with Crippen molar-refractivity contribution in [3.8, 4) is 0 Å². The second-order valence-electron chi connectivity index (χ2n) is 9.25. The fourth-order valence-corrected chi connectivity index (χ4v) is 5.52. The standard InChI is InChI=1S/2C12H15Si.3ClH.V/c2*1-13(2,3)12-8-10-6-4-5-7-11(10)9-12;;;;/h2*4-9H,1-3H3;3*1H;/q2*-1;;;;/p-3. The molecule has 0 saturated heterocycles. The van der Waals surface area contributed by atoms with Crippen molar-refractivity contribution in [1.82, 2.24) is 0 Å². The summed E-state index contributed by atoms with van der Waals surface area (Å²) in [6.07, 6.45) is 0. The number of rotatable bonds is 2. The first-order valence-electron chi connectivity index (χ1n) is 9.46. The van der Waals surface area contributed by atoms with Gasteiger partial charge in [0, 0.05) is 18.6 Å². The van der Waals surface area contributed by atoms with Crippen LogP contribution in [0.5, 0.6) is 0 Å². The minimum Gasteiger partial charge on any atom is -1.00 e. The van der Waals surface area contributed by atoms with Gasteiger partial charge in [0.05, 0.1) is 16.1 Å². The Balaban J connectivity index is 0. The van der Waals surface area contributed by atoms with Gasteiger partial charge in [0.2, 0.25) is 0 Å². The molecule has 1 radical (unpaired) electrons. The van der Waals surface area contributed by atoms with Gasteiger partial charge < -0.3 is 37.2 Å². The van der Waals surface area contributed by atoms with E-state index >= 15 is 0 Å². The molecule has 0 heterocycles. The van der Waals surface area contributed by atoms with Gasteiger partial charge in [-0.15, -0.1) is 69.7 Å². The summed E-state index contributed by atoms with van der Waals surface area (Å²) in [7, 11) is -2.23. The minimum atomic E-state index is -1.12. The Labute approximate surface area is 214 Å². The fourth-order valence-electron chi connectivity index (χ4n) is 3.17. The van der Waals surface area contributed by atoms with Gasteiger partial charge in [-0.05, 0) is 0 Å². The molecule has 6 heteroatoms. The first-order valence-corrected chi connectivity index (χ1v) is 16.5. The predicted molar refractivity (Wildman–Crippen MR) is 125 cm³/mol. The van der Waals surface area contributed by atoms with Crippen molar-refractivity contribution in [2.75, 3.05) is 0 Å². The molecule has 30 heavy (non-hydrogen) atoms. The zero-order valence-electron chi connectivity index (χ0n) is 18.5. The zero-order valence-corrected chi connectivity index (χ0v) is 24.2. The molecule has 0 nitrogen and oxygen atoms in total. The van der Waals surface area contributed by atoms with Crippen LogP contribution in [-0.2, 0) is 18.6 Å². The maximum absolute atomic E-state index is 2.39. The summed E-state index contributed by atoms with van der Waals surface area (Å²) in [4.78, 5) is 0. The van der Waals surface area contributed by atoms with Gasteiger partial charge >= 0.3 is 0 Å². The van der Waals surface area contributed by atoms with Crippen molar-refractivity contribution in [3.63, 3.8) is 0 Å². The molecule has 4 aromatic rings. The van der Waals surface area contributed by atoms with Crippen molar-refractivity contribution >= 4 is 48.1 Å². The van der Waals surface area contributed by atoms with E-state index in [1.165, 1.54) is 21.5 Å². The molecule has 0 unspecified atom stereocenters. The van der Waals surface area contributed by atoms with Crippen LogP contribution in [0.3, 0.4) is 0 Å². The SMILES string of the molecule is C[Si](C)(C)c1cc2ccccc2[cH-]1.C[Si](C)(C)c1cc2ccccc2[cH-]1.[Cl-].[Cl-].[Cl-].[V]. The van der Waals surface area contributed by atoms with Gasteiger partial charge in [-0.25, -0.2) is 0 Å². The van der Waals surface area contributed by atoms with Crippen LogP contribution in [0.15, 0.2) is 72.8 Å². The van der Waals surface area contributed by atoms with Crippen LogP contribution in [0, 0.1) is 0 Å². The number of halogens is 3. The Hall–Kier alpha value is -0.452. The molecule has 4 rings (SSSR count). The normalized spacial score (nSPS) is 10.6. The first kappa shape index (κ1) is 31.7. The molecule has 0 bridgehead atoms. The van der Waals surface area contributed by atoms with Crippen LogP contribution < -0.4 is 47.6 Å². The molecule has 0 fully saturated rings. The largest absolute Gasteiger partial charge is 1.00 e. The van der Waals surface area contributed by atoms with Crippen LogP contribution in [0.2, 0.25) is 39.3 Å². The molecule has 0 spiro atoms. The van der Waals surface area contributed by atoms with Crippen molar-refractivity contribution < 1.29 is 55.8 Å². The summed E-state index contributed by atoms with van der Waals surface area (Å²) in [5, 5.41) is 8.68. The number of fused-ring (bicyclic) bond motifs is 2. The maximum Gasteiger partial charge on any atom is 0.0564 e. The maximum atomic E-state index is 2.39. The third-order valence-electron chi connectivity index (χ3n) is 4.97. The predicted octanol–water partition coefficient (Wildman–Crippen LogP) is -2.78. The average Bonchev–Trinajstić information content (AvgIpc) is 3.19. The van der Waals surface area contributed by atoms with Gasteiger partial charge in [-0.2, -0.15) is 22.9 Å². The molecular formula is C24H30Cl3Si2V-5. The Morgan fingerprint density at radius 3 is 1.10 bits per heavy atom. The Bertz CT molecular complexity index is 874. The summed E-state index contributed by atoms with van der Waals surface area (Å²) < 4.78 is 0. The summed E-state index contributed by atoms with van der Waals surface area (Å²) >= 11 is 0. The summed E-state index contributed by atoms with van der Waals surface area (Å²) in [6.45, 7) is 14.3. The van der Waals surface area contributed by atoms with Crippen LogP contribution in [0.4, 0.5) is 0 Å². The second-order valence-corrected chi connectivity index (χ2v) is 19.4. The first-order chi connectivity index (χ1) is 12.1. The number of hydrogen-bond acceptors (Lipinski definition) is 0. The van der Waals surface area contributed by atoms with E-state index in [9.17, 15) is 0 Å². The Morgan fingerprint density at radius 2 is 0.833 bits per heavy atom. The summed E-state index contributed by atoms with van der Waals surface area (Å²) in [5.41, 5.74) is 0. The topological polar surface area (TPSA) is 0 Å². The zero-order chi connectivity index (χ0) is 18.9. The molecule has 165 valence electrons. The third-order valence-corrected chi connectivity index (χ3v) is 9.01. The van der Waals surface area contributed by atoms with E-state index in [-0.39, 0.29) is 55.8 Å². The quantitative estimate of drug-likeness (QED) is 0.194. The molecule has 4 aromatic carbocycles. The summed E-state index contributed by atoms with van der Waals surface area (Å²) in [6, 6.07) is 26.6. The van der Waals surface area contributed by atoms with Gasteiger partial charge in [0.15, 0.2) is 0 Å². The molecule has 0 aliphatic rings. The molecule has 0 N–H and O–H groups in total. The number of benzene rings is 2. The number of hydrogen-bond donors (Lipinski definition) is 0. The van der Waals surface area contributed by atoms with Gasteiger partial charge in [0.25, 0.3) is 0 Å². The van der Waals surface area contributed by atoms with Crippen molar-refractivity contribution in [2.24, 2.45) is 0 Å². The van der Waals surface area contributed by atoms with E-state index < -0.39 is 16.1 Å². The van der Waals surface area contributed by atoms with E-state index in [1.807, 2.05) is 0 Å². The molecule has 0 aliphatic heterocycles. The summed E-state index contributed by atoms with van der Waals surface area (Å²) in [5.74, 6) is 0. The van der Waals surface area contributed by atoms with Crippen LogP contribution in [0.1, 0.15) is 0 Å². The van der Waals surface area contributed by atoms with Crippen LogP contribution in [0.25, 0.3) is 21.5 Å². The van der Waals surface area contributed by atoms with Gasteiger partial charge in [-0.3, -0.25) is 0 Å². The smallest absolute Gasteiger partial charge is 0.0564 e. The van der Waals surface area contributed by atoms with Crippen LogP contribution in [-0.4, -0.2) is 16.1 Å². The van der Waals surface area contributed by atoms with Gasteiger partial charge in [-0.1, -0.05) is 51.4 Å². The van der Waals surface area contributed by atoms with E-state index in [0.717, 1.165) is 0 Å². The van der Waals surface area contributed by atoms with E-state index in [4.69, 9.17) is 0 Å². The molecular weight excluding hydrogens is 502 g/mol. The molecule has 0 aromatic heterocycles. The fraction of sp³-hybridized carbons (Fsp3) is 0.250. The molecule has 0 aliphatic carbocycles. The van der Waals surface area contributed by atoms with Crippen molar-refractivity contribution in [3.05, 3.63) is 72.8 Å². The van der Waals surface area contributed by atoms with Crippen molar-refractivity contribution in [1.29, 1.82) is 0 Å². The van der Waals surface area contributed by atoms with E-state index in [1.54, 1.807) is 10.4 Å². The second kappa shape index (κ2) is 12.6. The molecule has 0 atom stereocenters. The minimum absolute atomic E-state index is 0. The monoisotopic (exact) mass is 530 g/mol.